The number of halogens is 2. The quantitative estimate of drug-likeness (QED) is 0.313. The average molecular weight is 444 g/mol. The standard InChI is InChI=1S/C21H18F2N4O3S/c1-21(2,30)9-5-12(22)17(13(23)6-9)15-7-11(18(24)28)20(31-15)27-16-4-3-10-14(26-16)8-25-19(10)29/h3-8,25,29-30H,1-2H3,(H2,24,28)(H,26,27). The molecule has 7 nitrogen and oxygen atoms in total. The Kier molecular flexibility index (Phi) is 4.91. The van der Waals surface area contributed by atoms with Crippen molar-refractivity contribution >= 4 is 39.0 Å². The molecular formula is C21H18F2N4O3S. The molecule has 6 N–H and O–H groups in total. The van der Waals surface area contributed by atoms with Crippen LogP contribution in [-0.4, -0.2) is 26.1 Å². The fraction of sp³-hybridized carbons (Fsp3) is 0.143. The van der Waals surface area contributed by atoms with Crippen LogP contribution in [0.25, 0.3) is 21.3 Å². The second-order valence-electron chi connectivity index (χ2n) is 7.48. The zero-order chi connectivity index (χ0) is 22.5. The molecule has 0 aliphatic rings. The molecule has 160 valence electrons. The number of nitrogens with one attached hydrogen (secondary N) is 2. The van der Waals surface area contributed by atoms with Crippen LogP contribution in [0.2, 0.25) is 0 Å². The van der Waals surface area contributed by atoms with E-state index in [4.69, 9.17) is 5.73 Å². The number of carbonyl (C=O) groups is 1. The van der Waals surface area contributed by atoms with Crippen LogP contribution in [0.15, 0.2) is 36.5 Å². The number of primary amides is 1. The van der Waals surface area contributed by atoms with E-state index >= 15 is 0 Å². The van der Waals surface area contributed by atoms with Crippen LogP contribution < -0.4 is 11.1 Å². The molecule has 4 rings (SSSR count). The molecule has 0 bridgehead atoms. The van der Waals surface area contributed by atoms with Gasteiger partial charge in [-0.2, -0.15) is 0 Å². The Morgan fingerprint density at radius 1 is 1.23 bits per heavy atom. The Bertz CT molecular complexity index is 1300. The Hall–Kier alpha value is -3.50. The molecule has 0 atom stereocenters. The topological polar surface area (TPSA) is 124 Å². The van der Waals surface area contributed by atoms with E-state index < -0.39 is 23.1 Å². The number of fused-ring (bicyclic) bond motifs is 1. The molecule has 3 aromatic heterocycles. The summed E-state index contributed by atoms with van der Waals surface area (Å²) in [5, 5.41) is 23.5. The Balaban J connectivity index is 1.76. The highest BCUT2D eigenvalue weighted by Crippen LogP contribution is 2.40. The number of thiophene rings is 1. The number of nitrogens with zero attached hydrogens (tertiary/aromatic N) is 1. The SMILES string of the molecule is CC(C)(O)c1cc(F)c(-c2cc(C(N)=O)c(Nc3ccc4c(O)[nH]cc4n3)s2)c(F)c1. The third-order valence-corrected chi connectivity index (χ3v) is 5.83. The van der Waals surface area contributed by atoms with E-state index in [1.807, 2.05) is 0 Å². The summed E-state index contributed by atoms with van der Waals surface area (Å²) in [5.41, 5.74) is 4.33. The van der Waals surface area contributed by atoms with Gasteiger partial charge in [0.1, 0.15) is 22.5 Å². The fourth-order valence-corrected chi connectivity index (χ4v) is 4.26. The van der Waals surface area contributed by atoms with Gasteiger partial charge in [0, 0.05) is 11.1 Å². The molecule has 3 heterocycles. The van der Waals surface area contributed by atoms with Crippen molar-refractivity contribution in [3.63, 3.8) is 0 Å². The van der Waals surface area contributed by atoms with Gasteiger partial charge < -0.3 is 26.2 Å². The Morgan fingerprint density at radius 2 is 1.90 bits per heavy atom. The van der Waals surface area contributed by atoms with Crippen molar-refractivity contribution < 1.29 is 23.8 Å². The highest BCUT2D eigenvalue weighted by atomic mass is 32.1. The number of rotatable bonds is 5. The van der Waals surface area contributed by atoms with Gasteiger partial charge in [-0.1, -0.05) is 0 Å². The van der Waals surface area contributed by atoms with Crippen molar-refractivity contribution in [2.24, 2.45) is 5.73 Å². The average Bonchev–Trinajstić information content (AvgIpc) is 3.24. The zero-order valence-corrected chi connectivity index (χ0v) is 17.3. The lowest BCUT2D eigenvalue weighted by molar-refractivity contribution is 0.0778. The number of aromatic amines is 1. The maximum absolute atomic E-state index is 14.8. The number of benzene rings is 1. The van der Waals surface area contributed by atoms with Crippen molar-refractivity contribution in [3.05, 3.63) is 59.3 Å². The van der Waals surface area contributed by atoms with Gasteiger partial charge >= 0.3 is 0 Å². The van der Waals surface area contributed by atoms with Gasteiger partial charge in [0.15, 0.2) is 5.88 Å². The Morgan fingerprint density at radius 3 is 2.52 bits per heavy atom. The summed E-state index contributed by atoms with van der Waals surface area (Å²) in [6.07, 6.45) is 1.51. The number of carbonyl (C=O) groups excluding carboxylic acids is 1. The number of aromatic hydroxyl groups is 1. The fourth-order valence-electron chi connectivity index (χ4n) is 3.14. The third-order valence-electron chi connectivity index (χ3n) is 4.76. The van der Waals surface area contributed by atoms with Gasteiger partial charge in [-0.15, -0.1) is 11.3 Å². The smallest absolute Gasteiger partial charge is 0.251 e. The highest BCUT2D eigenvalue weighted by Gasteiger charge is 2.24. The second kappa shape index (κ2) is 7.33. The summed E-state index contributed by atoms with van der Waals surface area (Å²) in [5.74, 6) is -2.20. The largest absolute Gasteiger partial charge is 0.494 e. The van der Waals surface area contributed by atoms with Crippen molar-refractivity contribution in [3.8, 4) is 16.3 Å². The van der Waals surface area contributed by atoms with Crippen LogP contribution in [0.3, 0.4) is 0 Å². The van der Waals surface area contributed by atoms with Crippen molar-refractivity contribution in [2.45, 2.75) is 19.4 Å². The van der Waals surface area contributed by atoms with E-state index in [9.17, 15) is 23.8 Å². The van der Waals surface area contributed by atoms with Crippen LogP contribution in [0, 0.1) is 11.6 Å². The van der Waals surface area contributed by atoms with Crippen molar-refractivity contribution in [1.29, 1.82) is 0 Å². The normalized spacial score (nSPS) is 11.8. The molecule has 1 aromatic carbocycles. The van der Waals surface area contributed by atoms with Gasteiger partial charge in [0.25, 0.3) is 5.91 Å². The monoisotopic (exact) mass is 444 g/mol. The number of aliphatic hydroxyl groups is 1. The maximum Gasteiger partial charge on any atom is 0.251 e. The predicted molar refractivity (Wildman–Crippen MR) is 114 cm³/mol. The van der Waals surface area contributed by atoms with E-state index in [0.717, 1.165) is 23.5 Å². The van der Waals surface area contributed by atoms with Gasteiger partial charge in [-0.05, 0) is 49.7 Å². The number of hydrogen-bond acceptors (Lipinski definition) is 6. The predicted octanol–water partition coefficient (Wildman–Crippen LogP) is 4.35. The van der Waals surface area contributed by atoms with E-state index in [1.165, 1.54) is 26.1 Å². The van der Waals surface area contributed by atoms with Gasteiger partial charge in [-0.25, -0.2) is 13.8 Å². The number of pyridine rings is 1. The summed E-state index contributed by atoms with van der Waals surface area (Å²) >= 11 is 0.936. The molecule has 4 aromatic rings. The zero-order valence-electron chi connectivity index (χ0n) is 16.5. The molecule has 0 spiro atoms. The van der Waals surface area contributed by atoms with Crippen LogP contribution in [-0.2, 0) is 5.60 Å². The van der Waals surface area contributed by atoms with Gasteiger partial charge in [0.05, 0.1) is 27.6 Å². The molecule has 0 radical (unpaired) electrons. The molecule has 31 heavy (non-hydrogen) atoms. The van der Waals surface area contributed by atoms with Crippen molar-refractivity contribution in [1.82, 2.24) is 9.97 Å². The minimum absolute atomic E-state index is 0.0225. The minimum Gasteiger partial charge on any atom is -0.494 e. The minimum atomic E-state index is -1.42. The summed E-state index contributed by atoms with van der Waals surface area (Å²) in [6, 6.07) is 6.64. The Labute approximate surface area is 179 Å². The lowest BCUT2D eigenvalue weighted by Gasteiger charge is -2.18. The number of anilines is 2. The molecule has 0 fully saturated rings. The number of H-pyrrole nitrogens is 1. The van der Waals surface area contributed by atoms with Crippen LogP contribution in [0.1, 0.15) is 29.8 Å². The van der Waals surface area contributed by atoms with E-state index in [-0.39, 0.29) is 32.4 Å². The van der Waals surface area contributed by atoms with Crippen LogP contribution in [0.4, 0.5) is 19.6 Å². The summed E-state index contributed by atoms with van der Waals surface area (Å²) in [4.78, 5) is 19.1. The first kappa shape index (κ1) is 20.8. The summed E-state index contributed by atoms with van der Waals surface area (Å²) in [6.45, 7) is 2.85. The summed E-state index contributed by atoms with van der Waals surface area (Å²) in [7, 11) is 0. The molecular weight excluding hydrogens is 426 g/mol. The first-order chi connectivity index (χ1) is 14.5. The first-order valence-corrected chi connectivity index (χ1v) is 9.96. The van der Waals surface area contributed by atoms with E-state index in [0.29, 0.717) is 16.7 Å². The highest BCUT2D eigenvalue weighted by molar-refractivity contribution is 7.20. The van der Waals surface area contributed by atoms with Crippen LogP contribution >= 0.6 is 11.3 Å². The van der Waals surface area contributed by atoms with E-state index in [2.05, 4.69) is 15.3 Å². The molecule has 10 heteroatoms. The number of amides is 1. The van der Waals surface area contributed by atoms with Gasteiger partial charge in [-0.3, -0.25) is 4.79 Å². The number of aromatic nitrogens is 2. The molecule has 0 saturated heterocycles. The summed E-state index contributed by atoms with van der Waals surface area (Å²) < 4.78 is 29.5. The van der Waals surface area contributed by atoms with Crippen molar-refractivity contribution in [2.75, 3.05) is 5.32 Å². The number of hydrogen-bond donors (Lipinski definition) is 5. The second-order valence-corrected chi connectivity index (χ2v) is 8.54. The van der Waals surface area contributed by atoms with E-state index in [1.54, 1.807) is 12.1 Å². The molecule has 1 amide bonds. The molecule has 0 aliphatic carbocycles. The molecule has 0 aliphatic heterocycles. The van der Waals surface area contributed by atoms with Gasteiger partial charge in [0.2, 0.25) is 0 Å². The van der Waals surface area contributed by atoms with Crippen LogP contribution in [0.5, 0.6) is 5.88 Å². The first-order valence-electron chi connectivity index (χ1n) is 9.14. The lowest BCUT2D eigenvalue weighted by Crippen LogP contribution is -2.16. The lowest BCUT2D eigenvalue weighted by atomic mass is 9.96. The third kappa shape index (κ3) is 3.82. The molecule has 0 saturated carbocycles. The molecule has 0 unspecified atom stereocenters. The number of nitrogens with two attached hydrogens (primary N) is 1. The maximum atomic E-state index is 14.8.